The third-order valence-corrected chi connectivity index (χ3v) is 2.51. The zero-order valence-electron chi connectivity index (χ0n) is 10.2. The Morgan fingerprint density at radius 3 is 2.32 bits per heavy atom. The monoisotopic (exact) mass is 268 g/mol. The second-order valence-corrected chi connectivity index (χ2v) is 4.01. The summed E-state index contributed by atoms with van der Waals surface area (Å²) in [7, 11) is 0. The molecule has 0 bridgehead atoms. The van der Waals surface area contributed by atoms with Crippen molar-refractivity contribution in [1.29, 1.82) is 0 Å². The van der Waals surface area contributed by atoms with Crippen LogP contribution in [0.3, 0.4) is 0 Å². The summed E-state index contributed by atoms with van der Waals surface area (Å²) in [6, 6.07) is 8.38. The van der Waals surface area contributed by atoms with Gasteiger partial charge in [0.1, 0.15) is 0 Å². The zero-order chi connectivity index (χ0) is 14.3. The van der Waals surface area contributed by atoms with Crippen LogP contribution in [0.5, 0.6) is 0 Å². The van der Waals surface area contributed by atoms with Crippen molar-refractivity contribution in [2.24, 2.45) is 0 Å². The van der Waals surface area contributed by atoms with E-state index in [0.717, 1.165) is 0 Å². The van der Waals surface area contributed by atoms with Crippen LogP contribution in [0, 0.1) is 0 Å². The molecular formula is C13H16O6. The molecule has 19 heavy (non-hydrogen) atoms. The summed E-state index contributed by atoms with van der Waals surface area (Å²) < 4.78 is 5.04. The van der Waals surface area contributed by atoms with Crippen molar-refractivity contribution in [3.8, 4) is 0 Å². The molecule has 0 aliphatic rings. The molecule has 3 N–H and O–H groups in total. The van der Waals surface area contributed by atoms with Crippen LogP contribution in [0.1, 0.15) is 31.1 Å². The highest BCUT2D eigenvalue weighted by atomic mass is 16.6. The largest absolute Gasteiger partial charge is 0.481 e. The highest BCUT2D eigenvalue weighted by Gasteiger charge is 2.22. The van der Waals surface area contributed by atoms with Gasteiger partial charge in [0, 0.05) is 12.0 Å². The molecule has 1 aromatic rings. The maximum atomic E-state index is 11.0. The molecule has 0 heterocycles. The molecule has 0 aromatic heterocycles. The number of ether oxygens (including phenoxy) is 1. The normalized spacial score (nSPS) is 13.7. The summed E-state index contributed by atoms with van der Waals surface area (Å²) in [5.41, 5.74) is 0.451. The quantitative estimate of drug-likeness (QED) is 0.616. The van der Waals surface area contributed by atoms with Gasteiger partial charge in [-0.15, -0.1) is 0 Å². The summed E-state index contributed by atoms with van der Waals surface area (Å²) in [6.45, 7) is 0. The Kier molecular flexibility index (Phi) is 5.98. The van der Waals surface area contributed by atoms with Gasteiger partial charge in [-0.25, -0.2) is 4.79 Å². The molecule has 0 amide bonds. The van der Waals surface area contributed by atoms with Crippen LogP contribution in [-0.2, 0) is 14.3 Å². The van der Waals surface area contributed by atoms with Gasteiger partial charge < -0.3 is 20.1 Å². The van der Waals surface area contributed by atoms with Gasteiger partial charge in [0.2, 0.25) is 0 Å². The van der Waals surface area contributed by atoms with E-state index in [-0.39, 0.29) is 19.3 Å². The fourth-order valence-electron chi connectivity index (χ4n) is 1.54. The average Bonchev–Trinajstić information content (AvgIpc) is 2.37. The third-order valence-electron chi connectivity index (χ3n) is 2.51. The fourth-order valence-corrected chi connectivity index (χ4v) is 1.54. The maximum Gasteiger partial charge on any atom is 0.332 e. The first-order valence-corrected chi connectivity index (χ1v) is 5.83. The van der Waals surface area contributed by atoms with Gasteiger partial charge in [-0.3, -0.25) is 4.79 Å². The first-order chi connectivity index (χ1) is 9.00. The number of rotatable bonds is 8. The molecule has 1 rings (SSSR count). The Labute approximate surface area is 110 Å². The van der Waals surface area contributed by atoms with Gasteiger partial charge in [0.15, 0.2) is 12.4 Å². The lowest BCUT2D eigenvalue weighted by Crippen LogP contribution is -2.26. The molecule has 104 valence electrons. The van der Waals surface area contributed by atoms with Crippen LogP contribution in [0.2, 0.25) is 0 Å². The molecule has 1 aromatic carbocycles. The molecule has 0 aliphatic carbocycles. The molecular weight excluding hydrogens is 252 g/mol. The van der Waals surface area contributed by atoms with Crippen molar-refractivity contribution >= 4 is 11.9 Å². The van der Waals surface area contributed by atoms with Crippen molar-refractivity contribution in [1.82, 2.24) is 0 Å². The number of hydrogen-bond donors (Lipinski definition) is 3. The van der Waals surface area contributed by atoms with Crippen LogP contribution in [0.15, 0.2) is 30.3 Å². The van der Waals surface area contributed by atoms with E-state index in [1.54, 1.807) is 30.3 Å². The predicted molar refractivity (Wildman–Crippen MR) is 65.4 cm³/mol. The lowest BCUT2D eigenvalue weighted by atomic mass is 10.1. The van der Waals surface area contributed by atoms with Crippen LogP contribution < -0.4 is 0 Å². The van der Waals surface area contributed by atoms with Gasteiger partial charge >= 0.3 is 11.9 Å². The first-order valence-electron chi connectivity index (χ1n) is 5.83. The number of benzene rings is 1. The Morgan fingerprint density at radius 1 is 1.16 bits per heavy atom. The topological polar surface area (TPSA) is 104 Å². The van der Waals surface area contributed by atoms with Crippen molar-refractivity contribution in [2.75, 3.05) is 0 Å². The smallest absolute Gasteiger partial charge is 0.332 e. The van der Waals surface area contributed by atoms with E-state index in [0.29, 0.717) is 5.56 Å². The number of carboxylic acids is 2. The van der Waals surface area contributed by atoms with E-state index < -0.39 is 24.3 Å². The minimum atomic E-state index is -1.34. The predicted octanol–water partition coefficient (Wildman–Crippen LogP) is 1.40. The Hall–Kier alpha value is -1.92. The van der Waals surface area contributed by atoms with E-state index in [1.807, 2.05) is 0 Å². The lowest BCUT2D eigenvalue weighted by molar-refractivity contribution is -0.178. The second-order valence-electron chi connectivity index (χ2n) is 4.01. The third kappa shape index (κ3) is 5.50. The van der Waals surface area contributed by atoms with Crippen molar-refractivity contribution in [3.05, 3.63) is 35.9 Å². The van der Waals surface area contributed by atoms with Gasteiger partial charge in [-0.05, 0) is 12.8 Å². The molecule has 0 saturated carbocycles. The van der Waals surface area contributed by atoms with Gasteiger partial charge in [0.05, 0.1) is 0 Å². The Balaban J connectivity index is 2.53. The molecule has 0 aliphatic heterocycles. The Morgan fingerprint density at radius 2 is 1.79 bits per heavy atom. The van der Waals surface area contributed by atoms with Crippen molar-refractivity contribution < 1.29 is 29.6 Å². The molecule has 6 heteroatoms. The second kappa shape index (κ2) is 7.50. The van der Waals surface area contributed by atoms with Crippen molar-refractivity contribution in [3.63, 3.8) is 0 Å². The minimum Gasteiger partial charge on any atom is -0.481 e. The maximum absolute atomic E-state index is 11.0. The fraction of sp³-hybridized carbons (Fsp3) is 0.385. The number of aliphatic carboxylic acids is 2. The van der Waals surface area contributed by atoms with Crippen LogP contribution >= 0.6 is 0 Å². The van der Waals surface area contributed by atoms with Gasteiger partial charge in [-0.1, -0.05) is 30.3 Å². The molecule has 1 unspecified atom stereocenters. The van der Waals surface area contributed by atoms with Crippen LogP contribution in [-0.4, -0.2) is 33.4 Å². The summed E-state index contributed by atoms with van der Waals surface area (Å²) >= 11 is 0. The highest BCUT2D eigenvalue weighted by Crippen LogP contribution is 2.18. The van der Waals surface area contributed by atoms with E-state index in [1.165, 1.54) is 0 Å². The van der Waals surface area contributed by atoms with Gasteiger partial charge in [-0.2, -0.15) is 0 Å². The highest BCUT2D eigenvalue weighted by molar-refractivity contribution is 5.72. The average molecular weight is 268 g/mol. The summed E-state index contributed by atoms with van der Waals surface area (Å²) in [5, 5.41) is 27.2. The van der Waals surface area contributed by atoms with Crippen LogP contribution in [0.25, 0.3) is 0 Å². The minimum absolute atomic E-state index is 0.0333. The van der Waals surface area contributed by atoms with E-state index >= 15 is 0 Å². The van der Waals surface area contributed by atoms with Crippen LogP contribution in [0.4, 0.5) is 0 Å². The van der Waals surface area contributed by atoms with E-state index in [9.17, 15) is 14.7 Å². The first kappa shape index (κ1) is 15.1. The lowest BCUT2D eigenvalue weighted by Gasteiger charge is -2.18. The summed E-state index contributed by atoms with van der Waals surface area (Å²) in [6.07, 6.45) is -2.49. The van der Waals surface area contributed by atoms with Gasteiger partial charge in [0.25, 0.3) is 0 Å². The number of aliphatic hydroxyl groups is 1. The molecule has 0 saturated heterocycles. The van der Waals surface area contributed by atoms with E-state index in [4.69, 9.17) is 14.9 Å². The zero-order valence-corrected chi connectivity index (χ0v) is 10.2. The molecule has 0 spiro atoms. The van der Waals surface area contributed by atoms with Crippen molar-refractivity contribution in [2.45, 2.75) is 31.7 Å². The number of carbonyl (C=O) groups is 2. The molecule has 0 radical (unpaired) electrons. The molecule has 6 nitrogen and oxygen atoms in total. The number of hydrogen-bond acceptors (Lipinski definition) is 4. The summed E-state index contributed by atoms with van der Waals surface area (Å²) in [4.78, 5) is 21.3. The van der Waals surface area contributed by atoms with E-state index in [2.05, 4.69) is 0 Å². The Bertz CT molecular complexity index is 416. The standard InChI is InChI=1S/C13H16O6/c14-11(15)8-4-7-10(12(16)17)19-13(18)9-5-2-1-3-6-9/h1-3,5-6,10,13,18H,4,7-8H2,(H,14,15)(H,16,17)/t10-,13?/m0/s1. The SMILES string of the molecule is O=C(O)CCC[C@H](OC(O)c1ccccc1)C(=O)O. The molecule has 2 atom stereocenters. The number of aliphatic hydroxyl groups excluding tert-OH is 1. The number of carboxylic acid groups (broad SMARTS) is 2. The molecule has 0 fully saturated rings. The summed E-state index contributed by atoms with van der Waals surface area (Å²) in [5.74, 6) is -2.21.